The fraction of sp³-hybridized carbons (Fsp3) is 0.111. The molecule has 72 valence electrons. The number of aromatic nitrogens is 2. The van der Waals surface area contributed by atoms with Crippen molar-refractivity contribution >= 4 is 22.9 Å². The van der Waals surface area contributed by atoms with Gasteiger partial charge in [-0.15, -0.1) is 11.3 Å². The molecule has 1 N–H and O–H groups in total. The molecule has 0 saturated carbocycles. The zero-order valence-electron chi connectivity index (χ0n) is 7.16. The quantitative estimate of drug-likeness (QED) is 0.797. The molecule has 0 radical (unpaired) electrons. The summed E-state index contributed by atoms with van der Waals surface area (Å²) < 4.78 is 0. The highest BCUT2D eigenvalue weighted by Gasteiger charge is 2.03. The minimum atomic E-state index is -0.412. The standard InChI is InChI=1S/C9H7ClN2OS/c10-8-6(5-11-9(13)12-8)4-7-2-1-3-14-7/h1-3,5H,4H2,(H,11,12,13). The van der Waals surface area contributed by atoms with Crippen LogP contribution in [0, 0.1) is 0 Å². The van der Waals surface area contributed by atoms with E-state index in [1.165, 1.54) is 11.1 Å². The van der Waals surface area contributed by atoms with Crippen LogP contribution in [0.5, 0.6) is 0 Å². The van der Waals surface area contributed by atoms with E-state index in [2.05, 4.69) is 9.97 Å². The Kier molecular flexibility index (Phi) is 2.65. The fourth-order valence-electron chi connectivity index (χ4n) is 1.12. The van der Waals surface area contributed by atoms with Crippen LogP contribution in [-0.4, -0.2) is 9.97 Å². The maximum atomic E-state index is 10.8. The average Bonchev–Trinajstić information content (AvgIpc) is 2.62. The molecule has 0 unspecified atom stereocenters. The number of aromatic amines is 1. The molecule has 0 aliphatic carbocycles. The van der Waals surface area contributed by atoms with Crippen molar-refractivity contribution in [2.75, 3.05) is 0 Å². The van der Waals surface area contributed by atoms with Crippen LogP contribution in [0.15, 0.2) is 28.5 Å². The van der Waals surface area contributed by atoms with Gasteiger partial charge in [0.1, 0.15) is 5.15 Å². The van der Waals surface area contributed by atoms with Gasteiger partial charge in [0.25, 0.3) is 0 Å². The normalized spacial score (nSPS) is 10.4. The molecule has 0 aliphatic heterocycles. The van der Waals surface area contributed by atoms with Crippen molar-refractivity contribution in [1.29, 1.82) is 0 Å². The number of nitrogens with zero attached hydrogens (tertiary/aromatic N) is 1. The van der Waals surface area contributed by atoms with Gasteiger partial charge in [-0.25, -0.2) is 9.78 Å². The second-order valence-corrected chi connectivity index (χ2v) is 4.19. The summed E-state index contributed by atoms with van der Waals surface area (Å²) in [5, 5.41) is 2.38. The molecular formula is C9H7ClN2OS. The Labute approximate surface area is 89.4 Å². The van der Waals surface area contributed by atoms with Crippen molar-refractivity contribution in [2.24, 2.45) is 0 Å². The number of halogens is 1. The Morgan fingerprint density at radius 2 is 2.43 bits per heavy atom. The smallest absolute Gasteiger partial charge is 0.296 e. The molecule has 2 aromatic heterocycles. The molecule has 2 rings (SSSR count). The van der Waals surface area contributed by atoms with Crippen molar-refractivity contribution in [3.63, 3.8) is 0 Å². The third-order valence-corrected chi connectivity index (χ3v) is 2.99. The Bertz CT molecular complexity index is 478. The van der Waals surface area contributed by atoms with E-state index in [0.717, 1.165) is 5.56 Å². The Morgan fingerprint density at radius 1 is 1.57 bits per heavy atom. The molecule has 0 bridgehead atoms. The van der Waals surface area contributed by atoms with E-state index in [9.17, 15) is 4.79 Å². The summed E-state index contributed by atoms with van der Waals surface area (Å²) in [5.41, 5.74) is 0.429. The molecule has 0 aliphatic rings. The lowest BCUT2D eigenvalue weighted by molar-refractivity contribution is 1.02. The molecule has 2 heterocycles. The Hall–Kier alpha value is -1.13. The van der Waals surface area contributed by atoms with E-state index < -0.39 is 5.69 Å². The van der Waals surface area contributed by atoms with Gasteiger partial charge in [-0.05, 0) is 11.4 Å². The predicted octanol–water partition coefficient (Wildman–Crippen LogP) is 2.08. The Morgan fingerprint density at radius 3 is 3.07 bits per heavy atom. The topological polar surface area (TPSA) is 45.8 Å². The maximum Gasteiger partial charge on any atom is 0.346 e. The van der Waals surface area contributed by atoms with E-state index in [1.807, 2.05) is 17.5 Å². The number of hydrogen-bond donors (Lipinski definition) is 1. The second-order valence-electron chi connectivity index (χ2n) is 2.78. The summed E-state index contributed by atoms with van der Waals surface area (Å²) in [6.07, 6.45) is 2.22. The number of rotatable bonds is 2. The second kappa shape index (κ2) is 3.94. The fourth-order valence-corrected chi connectivity index (χ4v) is 2.05. The number of thiophene rings is 1. The summed E-state index contributed by atoms with van der Waals surface area (Å²) >= 11 is 7.51. The van der Waals surface area contributed by atoms with Crippen molar-refractivity contribution in [2.45, 2.75) is 6.42 Å². The van der Waals surface area contributed by atoms with Gasteiger partial charge in [0.2, 0.25) is 0 Å². The van der Waals surface area contributed by atoms with Gasteiger partial charge in [-0.3, -0.25) is 4.98 Å². The summed E-state index contributed by atoms with van der Waals surface area (Å²) in [4.78, 5) is 18.1. The molecule has 0 amide bonds. The number of H-pyrrole nitrogens is 1. The van der Waals surface area contributed by atoms with E-state index in [4.69, 9.17) is 11.6 Å². The van der Waals surface area contributed by atoms with Crippen molar-refractivity contribution in [3.8, 4) is 0 Å². The van der Waals surface area contributed by atoms with Crippen LogP contribution in [0.4, 0.5) is 0 Å². The molecule has 0 fully saturated rings. The van der Waals surface area contributed by atoms with Crippen LogP contribution in [0.3, 0.4) is 0 Å². The van der Waals surface area contributed by atoms with Crippen LogP contribution >= 0.6 is 22.9 Å². The van der Waals surface area contributed by atoms with Crippen LogP contribution in [0.1, 0.15) is 10.4 Å². The molecule has 0 saturated heterocycles. The lowest BCUT2D eigenvalue weighted by atomic mass is 10.2. The highest BCUT2D eigenvalue weighted by atomic mass is 35.5. The van der Waals surface area contributed by atoms with Gasteiger partial charge in [0.05, 0.1) is 0 Å². The minimum absolute atomic E-state index is 0.374. The SMILES string of the molecule is O=c1ncc(Cc2cccs2)c(Cl)[nH]1. The predicted molar refractivity (Wildman–Crippen MR) is 57.0 cm³/mol. The lowest BCUT2D eigenvalue weighted by Gasteiger charge is -1.99. The van der Waals surface area contributed by atoms with Crippen LogP contribution in [0.25, 0.3) is 0 Å². The molecule has 0 atom stereocenters. The zero-order chi connectivity index (χ0) is 9.97. The third kappa shape index (κ3) is 2.02. The lowest BCUT2D eigenvalue weighted by Crippen LogP contribution is -2.10. The van der Waals surface area contributed by atoms with Gasteiger partial charge in [-0.2, -0.15) is 0 Å². The maximum absolute atomic E-state index is 10.8. The van der Waals surface area contributed by atoms with Gasteiger partial charge in [-0.1, -0.05) is 17.7 Å². The summed E-state index contributed by atoms with van der Waals surface area (Å²) in [5.74, 6) is 0. The van der Waals surface area contributed by atoms with Crippen molar-refractivity contribution in [1.82, 2.24) is 9.97 Å². The highest BCUT2D eigenvalue weighted by molar-refractivity contribution is 7.09. The minimum Gasteiger partial charge on any atom is -0.296 e. The average molecular weight is 227 g/mol. The number of nitrogens with one attached hydrogen (secondary N) is 1. The van der Waals surface area contributed by atoms with E-state index >= 15 is 0 Å². The first kappa shape index (κ1) is 9.43. The van der Waals surface area contributed by atoms with E-state index in [1.54, 1.807) is 11.3 Å². The summed E-state index contributed by atoms with van der Waals surface area (Å²) in [6, 6.07) is 4.00. The van der Waals surface area contributed by atoms with Gasteiger partial charge in [0.15, 0.2) is 0 Å². The Balaban J connectivity index is 2.30. The van der Waals surface area contributed by atoms with Crippen LogP contribution in [-0.2, 0) is 6.42 Å². The third-order valence-electron chi connectivity index (χ3n) is 1.78. The van der Waals surface area contributed by atoms with E-state index in [-0.39, 0.29) is 0 Å². The monoisotopic (exact) mass is 226 g/mol. The van der Waals surface area contributed by atoms with Gasteiger partial charge in [0, 0.05) is 23.1 Å². The van der Waals surface area contributed by atoms with Gasteiger partial charge < -0.3 is 0 Å². The summed E-state index contributed by atoms with van der Waals surface area (Å²) in [6.45, 7) is 0. The molecule has 5 heteroatoms. The molecule has 14 heavy (non-hydrogen) atoms. The largest absolute Gasteiger partial charge is 0.346 e. The van der Waals surface area contributed by atoms with Crippen molar-refractivity contribution < 1.29 is 0 Å². The molecule has 3 nitrogen and oxygen atoms in total. The van der Waals surface area contributed by atoms with Crippen LogP contribution in [0.2, 0.25) is 5.15 Å². The summed E-state index contributed by atoms with van der Waals surface area (Å²) in [7, 11) is 0. The first-order valence-electron chi connectivity index (χ1n) is 4.02. The number of hydrogen-bond acceptors (Lipinski definition) is 3. The van der Waals surface area contributed by atoms with Crippen LogP contribution < -0.4 is 5.69 Å². The first-order chi connectivity index (χ1) is 6.75. The molecular weight excluding hydrogens is 220 g/mol. The zero-order valence-corrected chi connectivity index (χ0v) is 8.73. The van der Waals surface area contributed by atoms with Crippen molar-refractivity contribution in [3.05, 3.63) is 49.8 Å². The molecule has 0 aromatic carbocycles. The highest BCUT2D eigenvalue weighted by Crippen LogP contribution is 2.17. The first-order valence-corrected chi connectivity index (χ1v) is 5.27. The molecule has 2 aromatic rings. The van der Waals surface area contributed by atoms with E-state index in [0.29, 0.717) is 11.6 Å². The van der Waals surface area contributed by atoms with Gasteiger partial charge >= 0.3 is 5.69 Å². The molecule has 0 spiro atoms.